The molecule has 0 spiro atoms. The van der Waals surface area contributed by atoms with Crippen LogP contribution in [0.25, 0.3) is 0 Å². The van der Waals surface area contributed by atoms with Crippen molar-refractivity contribution < 1.29 is 4.74 Å². The minimum atomic E-state index is 0.473. The van der Waals surface area contributed by atoms with E-state index in [1.54, 1.807) is 0 Å². The summed E-state index contributed by atoms with van der Waals surface area (Å²) in [5.41, 5.74) is 0. The van der Waals surface area contributed by atoms with Gasteiger partial charge in [0.05, 0.1) is 6.61 Å². The Bertz CT molecular complexity index is 115. The van der Waals surface area contributed by atoms with Gasteiger partial charge in [-0.3, -0.25) is 0 Å². The van der Waals surface area contributed by atoms with E-state index in [4.69, 9.17) is 4.74 Å². The van der Waals surface area contributed by atoms with E-state index in [0.29, 0.717) is 6.04 Å². The van der Waals surface area contributed by atoms with Crippen LogP contribution in [0.2, 0.25) is 0 Å². The minimum Gasteiger partial charge on any atom is -0.380 e. The molecule has 0 aliphatic carbocycles. The van der Waals surface area contributed by atoms with Crippen molar-refractivity contribution in [1.29, 1.82) is 0 Å². The van der Waals surface area contributed by atoms with Crippen molar-refractivity contribution in [2.75, 3.05) is 19.8 Å². The summed E-state index contributed by atoms with van der Waals surface area (Å²) >= 11 is 0. The molecule has 13 heavy (non-hydrogen) atoms. The quantitative estimate of drug-likeness (QED) is 0.660. The van der Waals surface area contributed by atoms with Crippen LogP contribution in [-0.4, -0.2) is 25.8 Å². The van der Waals surface area contributed by atoms with Gasteiger partial charge in [0.1, 0.15) is 0 Å². The number of nitrogens with one attached hydrogen (secondary N) is 1. The SMILES string of the molecule is CCOCC(C)NCC(C)C(C)C. The minimum absolute atomic E-state index is 0.473. The Morgan fingerprint density at radius 2 is 1.77 bits per heavy atom. The lowest BCUT2D eigenvalue weighted by Crippen LogP contribution is -2.35. The van der Waals surface area contributed by atoms with E-state index < -0.39 is 0 Å². The first-order chi connectivity index (χ1) is 6.07. The Hall–Kier alpha value is -0.0800. The fourth-order valence-corrected chi connectivity index (χ4v) is 0.976. The van der Waals surface area contributed by atoms with Crippen molar-refractivity contribution >= 4 is 0 Å². The maximum Gasteiger partial charge on any atom is 0.0616 e. The van der Waals surface area contributed by atoms with Gasteiger partial charge in [-0.1, -0.05) is 20.8 Å². The van der Waals surface area contributed by atoms with Crippen LogP contribution in [0.3, 0.4) is 0 Å². The maximum atomic E-state index is 5.33. The van der Waals surface area contributed by atoms with E-state index in [0.717, 1.165) is 31.6 Å². The van der Waals surface area contributed by atoms with Gasteiger partial charge in [-0.2, -0.15) is 0 Å². The standard InChI is InChI=1S/C11H25NO/c1-6-13-8-11(5)12-7-10(4)9(2)3/h9-12H,6-8H2,1-5H3. The van der Waals surface area contributed by atoms with Gasteiger partial charge < -0.3 is 10.1 Å². The van der Waals surface area contributed by atoms with Gasteiger partial charge in [-0.25, -0.2) is 0 Å². The van der Waals surface area contributed by atoms with Crippen LogP contribution in [0.15, 0.2) is 0 Å². The Labute approximate surface area is 83.1 Å². The van der Waals surface area contributed by atoms with Crippen molar-refractivity contribution in [2.45, 2.75) is 40.7 Å². The van der Waals surface area contributed by atoms with Crippen LogP contribution < -0.4 is 5.32 Å². The van der Waals surface area contributed by atoms with Gasteiger partial charge in [-0.05, 0) is 32.2 Å². The maximum absolute atomic E-state index is 5.33. The predicted octanol–water partition coefficient (Wildman–Crippen LogP) is 2.29. The molecule has 0 fully saturated rings. The number of ether oxygens (including phenoxy) is 1. The molecule has 0 heterocycles. The number of hydrogen-bond donors (Lipinski definition) is 1. The van der Waals surface area contributed by atoms with Crippen LogP contribution in [-0.2, 0) is 4.74 Å². The van der Waals surface area contributed by atoms with Crippen LogP contribution in [0.4, 0.5) is 0 Å². The average Bonchev–Trinajstić information content (AvgIpc) is 2.10. The summed E-state index contributed by atoms with van der Waals surface area (Å²) in [7, 11) is 0. The van der Waals surface area contributed by atoms with E-state index >= 15 is 0 Å². The highest BCUT2D eigenvalue weighted by atomic mass is 16.5. The molecular weight excluding hydrogens is 162 g/mol. The summed E-state index contributed by atoms with van der Waals surface area (Å²) in [6.45, 7) is 13.7. The molecule has 0 aromatic carbocycles. The molecule has 0 aromatic heterocycles. The van der Waals surface area contributed by atoms with Gasteiger partial charge in [0.25, 0.3) is 0 Å². The summed E-state index contributed by atoms with van der Waals surface area (Å²) in [5.74, 6) is 1.50. The molecule has 2 heteroatoms. The summed E-state index contributed by atoms with van der Waals surface area (Å²) in [5, 5.41) is 3.47. The second kappa shape index (κ2) is 7.34. The molecular formula is C11H25NO. The monoisotopic (exact) mass is 187 g/mol. The van der Waals surface area contributed by atoms with Gasteiger partial charge >= 0.3 is 0 Å². The third-order valence-electron chi connectivity index (χ3n) is 2.50. The van der Waals surface area contributed by atoms with Crippen molar-refractivity contribution in [3.05, 3.63) is 0 Å². The molecule has 2 atom stereocenters. The zero-order valence-electron chi connectivity index (χ0n) is 9.76. The third kappa shape index (κ3) is 7.03. The van der Waals surface area contributed by atoms with Crippen molar-refractivity contribution in [1.82, 2.24) is 5.32 Å². The van der Waals surface area contributed by atoms with Crippen molar-refractivity contribution in [3.63, 3.8) is 0 Å². The second-order valence-corrected chi connectivity index (χ2v) is 4.19. The second-order valence-electron chi connectivity index (χ2n) is 4.19. The highest BCUT2D eigenvalue weighted by Crippen LogP contribution is 2.07. The lowest BCUT2D eigenvalue weighted by Gasteiger charge is -2.19. The smallest absolute Gasteiger partial charge is 0.0616 e. The van der Waals surface area contributed by atoms with E-state index in [2.05, 4.69) is 33.0 Å². The molecule has 0 aromatic rings. The van der Waals surface area contributed by atoms with Crippen LogP contribution in [0, 0.1) is 11.8 Å². The first-order valence-electron chi connectivity index (χ1n) is 5.39. The Balaban J connectivity index is 3.40. The predicted molar refractivity (Wildman–Crippen MR) is 58.0 cm³/mol. The molecule has 0 amide bonds. The van der Waals surface area contributed by atoms with E-state index in [1.165, 1.54) is 0 Å². The van der Waals surface area contributed by atoms with Gasteiger partial charge in [0.15, 0.2) is 0 Å². The fourth-order valence-electron chi connectivity index (χ4n) is 0.976. The van der Waals surface area contributed by atoms with Crippen LogP contribution in [0.5, 0.6) is 0 Å². The number of hydrogen-bond acceptors (Lipinski definition) is 2. The summed E-state index contributed by atoms with van der Waals surface area (Å²) in [4.78, 5) is 0. The Kier molecular flexibility index (Phi) is 7.29. The topological polar surface area (TPSA) is 21.3 Å². The molecule has 0 saturated heterocycles. The van der Waals surface area contributed by atoms with E-state index in [9.17, 15) is 0 Å². The first-order valence-corrected chi connectivity index (χ1v) is 5.39. The Morgan fingerprint density at radius 3 is 2.23 bits per heavy atom. The lowest BCUT2D eigenvalue weighted by atomic mass is 9.98. The third-order valence-corrected chi connectivity index (χ3v) is 2.50. The van der Waals surface area contributed by atoms with Gasteiger partial charge in [0, 0.05) is 12.6 Å². The van der Waals surface area contributed by atoms with Gasteiger partial charge in [0.2, 0.25) is 0 Å². The first kappa shape index (κ1) is 12.9. The highest BCUT2D eigenvalue weighted by molar-refractivity contribution is 4.65. The fraction of sp³-hybridized carbons (Fsp3) is 1.00. The molecule has 2 nitrogen and oxygen atoms in total. The summed E-state index contributed by atoms with van der Waals surface area (Å²) < 4.78 is 5.33. The average molecular weight is 187 g/mol. The zero-order valence-corrected chi connectivity index (χ0v) is 9.76. The highest BCUT2D eigenvalue weighted by Gasteiger charge is 2.08. The largest absolute Gasteiger partial charge is 0.380 e. The molecule has 0 radical (unpaired) electrons. The molecule has 2 unspecified atom stereocenters. The van der Waals surface area contributed by atoms with Crippen molar-refractivity contribution in [2.24, 2.45) is 11.8 Å². The molecule has 0 saturated carbocycles. The Morgan fingerprint density at radius 1 is 1.15 bits per heavy atom. The molecule has 0 aliphatic heterocycles. The molecule has 0 bridgehead atoms. The van der Waals surface area contributed by atoms with E-state index in [-0.39, 0.29) is 0 Å². The molecule has 1 N–H and O–H groups in total. The number of rotatable bonds is 7. The zero-order chi connectivity index (χ0) is 10.3. The molecule has 0 rings (SSSR count). The van der Waals surface area contributed by atoms with Crippen LogP contribution in [0.1, 0.15) is 34.6 Å². The summed E-state index contributed by atoms with van der Waals surface area (Å²) in [6.07, 6.45) is 0. The van der Waals surface area contributed by atoms with Gasteiger partial charge in [-0.15, -0.1) is 0 Å². The molecule has 0 aliphatic rings. The van der Waals surface area contributed by atoms with Crippen molar-refractivity contribution in [3.8, 4) is 0 Å². The van der Waals surface area contributed by atoms with E-state index in [1.807, 2.05) is 6.92 Å². The summed E-state index contributed by atoms with van der Waals surface area (Å²) in [6, 6.07) is 0.473. The molecule has 80 valence electrons. The lowest BCUT2D eigenvalue weighted by molar-refractivity contribution is 0.125. The normalized spacial score (nSPS) is 16.2. The van der Waals surface area contributed by atoms with Crippen LogP contribution >= 0.6 is 0 Å².